The van der Waals surface area contributed by atoms with Crippen molar-refractivity contribution >= 4 is 11.2 Å². The Morgan fingerprint density at radius 2 is 1.96 bits per heavy atom. The minimum atomic E-state index is -0.236. The van der Waals surface area contributed by atoms with Crippen molar-refractivity contribution in [1.29, 1.82) is 0 Å². The summed E-state index contributed by atoms with van der Waals surface area (Å²) in [5, 5.41) is 4.52. The highest BCUT2D eigenvalue weighted by Crippen LogP contribution is 2.36. The summed E-state index contributed by atoms with van der Waals surface area (Å²) in [6.45, 7) is 4.30. The van der Waals surface area contributed by atoms with Crippen LogP contribution in [0, 0.1) is 0 Å². The van der Waals surface area contributed by atoms with Gasteiger partial charge in [-0.3, -0.25) is 4.99 Å². The molecule has 5 rings (SSSR count). The van der Waals surface area contributed by atoms with Crippen molar-refractivity contribution in [3.8, 4) is 11.6 Å². The van der Waals surface area contributed by atoms with Crippen LogP contribution >= 0.6 is 0 Å². The first kappa shape index (κ1) is 16.7. The molecule has 0 spiro atoms. The fourth-order valence-electron chi connectivity index (χ4n) is 3.70. The largest absolute Gasteiger partial charge is 0.439 e. The van der Waals surface area contributed by atoms with Crippen molar-refractivity contribution in [2.75, 3.05) is 0 Å². The maximum atomic E-state index is 6.13. The second-order valence-corrected chi connectivity index (χ2v) is 7.62. The molecule has 0 amide bonds. The van der Waals surface area contributed by atoms with Crippen LogP contribution in [0.5, 0.6) is 11.6 Å². The number of pyridine rings is 1. The van der Waals surface area contributed by atoms with Gasteiger partial charge in [-0.15, -0.1) is 0 Å². The lowest BCUT2D eigenvalue weighted by atomic mass is 9.84. The lowest BCUT2D eigenvalue weighted by Crippen LogP contribution is -2.30. The molecule has 0 unspecified atom stereocenters. The molecule has 0 saturated heterocycles. The molecule has 28 heavy (non-hydrogen) atoms. The van der Waals surface area contributed by atoms with Crippen molar-refractivity contribution in [2.24, 2.45) is 4.99 Å². The maximum Gasteiger partial charge on any atom is 0.219 e. The molecule has 0 aliphatic carbocycles. The van der Waals surface area contributed by atoms with E-state index in [4.69, 9.17) is 9.73 Å². The average Bonchev–Trinajstić information content (AvgIpc) is 3.16. The van der Waals surface area contributed by atoms with E-state index >= 15 is 0 Å². The molecular weight excluding hydrogens is 348 g/mol. The summed E-state index contributed by atoms with van der Waals surface area (Å²) in [6, 6.07) is 18.0. The summed E-state index contributed by atoms with van der Waals surface area (Å²) in [4.78, 5) is 9.36. The highest BCUT2D eigenvalue weighted by Gasteiger charge is 2.30. The summed E-state index contributed by atoms with van der Waals surface area (Å²) in [5.74, 6) is 1.42. The van der Waals surface area contributed by atoms with E-state index in [0.29, 0.717) is 5.88 Å². The smallest absolute Gasteiger partial charge is 0.219 e. The lowest BCUT2D eigenvalue weighted by molar-refractivity contribution is 0.441. The highest BCUT2D eigenvalue weighted by atomic mass is 16.5. The topological polar surface area (TPSA) is 51.8 Å². The van der Waals surface area contributed by atoms with Gasteiger partial charge in [-0.25, -0.2) is 9.50 Å². The zero-order chi connectivity index (χ0) is 19.1. The number of aliphatic imine (C=N–C) groups is 1. The third-order valence-electron chi connectivity index (χ3n) is 4.92. The van der Waals surface area contributed by atoms with Crippen molar-refractivity contribution in [3.05, 3.63) is 89.9 Å². The zero-order valence-electron chi connectivity index (χ0n) is 15.8. The third-order valence-corrected chi connectivity index (χ3v) is 4.92. The van der Waals surface area contributed by atoms with Crippen molar-refractivity contribution in [2.45, 2.75) is 25.8 Å². The molecule has 1 aliphatic heterocycles. The summed E-state index contributed by atoms with van der Waals surface area (Å²) in [7, 11) is 0. The third kappa shape index (κ3) is 2.95. The number of nitrogens with zero attached hydrogens (tertiary/aromatic N) is 4. The summed E-state index contributed by atoms with van der Waals surface area (Å²) < 4.78 is 7.99. The predicted molar refractivity (Wildman–Crippen MR) is 109 cm³/mol. The SMILES string of the molecule is CC1(C)Cc2c(Oc3ccccn3)cccc2C(c2cnn3cccc3c2)=N1. The van der Waals surface area contributed by atoms with Gasteiger partial charge >= 0.3 is 0 Å². The Bertz CT molecular complexity index is 1190. The highest BCUT2D eigenvalue weighted by molar-refractivity contribution is 6.15. The number of benzene rings is 1. The van der Waals surface area contributed by atoms with Crippen LogP contribution in [0.2, 0.25) is 0 Å². The Morgan fingerprint density at radius 1 is 1.04 bits per heavy atom. The number of fused-ring (bicyclic) bond motifs is 2. The first-order valence-electron chi connectivity index (χ1n) is 9.34. The van der Waals surface area contributed by atoms with Gasteiger partial charge in [-0.05, 0) is 44.2 Å². The number of aromatic nitrogens is 3. The molecule has 4 heterocycles. The van der Waals surface area contributed by atoms with Crippen molar-refractivity contribution < 1.29 is 4.74 Å². The van der Waals surface area contributed by atoms with Gasteiger partial charge in [0.1, 0.15) is 5.75 Å². The van der Waals surface area contributed by atoms with E-state index in [0.717, 1.165) is 40.1 Å². The zero-order valence-corrected chi connectivity index (χ0v) is 15.8. The Balaban J connectivity index is 1.64. The first-order chi connectivity index (χ1) is 13.6. The first-order valence-corrected chi connectivity index (χ1v) is 9.34. The van der Waals surface area contributed by atoms with Gasteiger partial charge in [0, 0.05) is 41.6 Å². The molecule has 5 nitrogen and oxygen atoms in total. The van der Waals surface area contributed by atoms with E-state index in [1.165, 1.54) is 0 Å². The number of rotatable bonds is 3. The number of hydrogen-bond donors (Lipinski definition) is 0. The van der Waals surface area contributed by atoms with E-state index in [2.05, 4.69) is 36.1 Å². The molecule has 5 heteroatoms. The van der Waals surface area contributed by atoms with Gasteiger partial charge in [0.25, 0.3) is 0 Å². The fourth-order valence-corrected chi connectivity index (χ4v) is 3.70. The van der Waals surface area contributed by atoms with Crippen LogP contribution in [0.15, 0.2) is 78.2 Å². The normalized spacial score (nSPS) is 15.1. The second-order valence-electron chi connectivity index (χ2n) is 7.62. The maximum absolute atomic E-state index is 6.13. The molecule has 3 aromatic heterocycles. The van der Waals surface area contributed by atoms with Gasteiger partial charge in [-0.1, -0.05) is 18.2 Å². The molecule has 0 radical (unpaired) electrons. The molecule has 4 aromatic rings. The van der Waals surface area contributed by atoms with Crippen LogP contribution in [-0.2, 0) is 6.42 Å². The predicted octanol–water partition coefficient (Wildman–Crippen LogP) is 4.69. The molecule has 1 aliphatic rings. The van der Waals surface area contributed by atoms with Crippen LogP contribution in [-0.4, -0.2) is 25.8 Å². The van der Waals surface area contributed by atoms with E-state index < -0.39 is 0 Å². The Kier molecular flexibility index (Phi) is 3.76. The Hall–Kier alpha value is -3.47. The monoisotopic (exact) mass is 368 g/mol. The van der Waals surface area contributed by atoms with Gasteiger partial charge in [0.05, 0.1) is 23.0 Å². The van der Waals surface area contributed by atoms with Gasteiger partial charge in [0.15, 0.2) is 0 Å². The Morgan fingerprint density at radius 3 is 2.82 bits per heavy atom. The molecule has 0 fully saturated rings. The minimum Gasteiger partial charge on any atom is -0.439 e. The lowest BCUT2D eigenvalue weighted by Gasteiger charge is -2.30. The van der Waals surface area contributed by atoms with Crippen molar-refractivity contribution in [1.82, 2.24) is 14.6 Å². The standard InChI is InChI=1S/C23H20N4O/c1-23(2)14-19-18(8-5-9-20(19)28-21-10-3-4-11-24-21)22(26-23)16-13-17-7-6-12-27(17)25-15-16/h3-13,15H,14H2,1-2H3. The summed E-state index contributed by atoms with van der Waals surface area (Å²) in [5.41, 5.74) is 5.01. The quantitative estimate of drug-likeness (QED) is 0.527. The van der Waals surface area contributed by atoms with E-state index in [1.807, 2.05) is 59.4 Å². The van der Waals surface area contributed by atoms with E-state index in [-0.39, 0.29) is 5.54 Å². The number of ether oxygens (including phenoxy) is 1. The number of hydrogen-bond acceptors (Lipinski definition) is 4. The molecular formula is C23H20N4O. The fraction of sp³-hybridized carbons (Fsp3) is 0.174. The Labute approximate surface area is 163 Å². The molecule has 0 N–H and O–H groups in total. The van der Waals surface area contributed by atoms with E-state index in [1.54, 1.807) is 6.20 Å². The van der Waals surface area contributed by atoms with Crippen LogP contribution < -0.4 is 4.74 Å². The molecule has 0 bridgehead atoms. The van der Waals surface area contributed by atoms with Crippen LogP contribution in [0.3, 0.4) is 0 Å². The average molecular weight is 368 g/mol. The van der Waals surface area contributed by atoms with Crippen LogP contribution in [0.4, 0.5) is 0 Å². The van der Waals surface area contributed by atoms with Crippen LogP contribution in [0.25, 0.3) is 5.52 Å². The van der Waals surface area contributed by atoms with Gasteiger partial charge in [0.2, 0.25) is 5.88 Å². The van der Waals surface area contributed by atoms with Crippen LogP contribution in [0.1, 0.15) is 30.5 Å². The molecule has 1 aromatic carbocycles. The molecule has 138 valence electrons. The summed E-state index contributed by atoms with van der Waals surface area (Å²) in [6.07, 6.45) is 6.36. The van der Waals surface area contributed by atoms with Crippen molar-refractivity contribution in [3.63, 3.8) is 0 Å². The van der Waals surface area contributed by atoms with E-state index in [9.17, 15) is 0 Å². The van der Waals surface area contributed by atoms with Gasteiger partial charge < -0.3 is 4.74 Å². The van der Waals surface area contributed by atoms with Gasteiger partial charge in [-0.2, -0.15) is 5.10 Å². The summed E-state index contributed by atoms with van der Waals surface area (Å²) >= 11 is 0. The molecule has 0 saturated carbocycles. The molecule has 0 atom stereocenters. The minimum absolute atomic E-state index is 0.236. The second kappa shape index (κ2) is 6.30.